The van der Waals surface area contributed by atoms with Gasteiger partial charge in [-0.25, -0.2) is 0 Å². The van der Waals surface area contributed by atoms with Crippen molar-refractivity contribution in [1.82, 2.24) is 0 Å². The molecule has 150 valence electrons. The summed E-state index contributed by atoms with van der Waals surface area (Å²) in [4.78, 5) is 25.1. The first-order chi connectivity index (χ1) is 14.0. The molecule has 2 aromatic carbocycles. The number of hydrogen-bond donors (Lipinski definition) is 1. The molecule has 5 nitrogen and oxygen atoms in total. The highest BCUT2D eigenvalue weighted by Crippen LogP contribution is 2.52. The van der Waals surface area contributed by atoms with E-state index in [1.165, 1.54) is 7.11 Å². The summed E-state index contributed by atoms with van der Waals surface area (Å²) >= 11 is 0. The van der Waals surface area contributed by atoms with Gasteiger partial charge in [0.1, 0.15) is 0 Å². The van der Waals surface area contributed by atoms with Crippen LogP contribution in [0.15, 0.2) is 66.7 Å². The van der Waals surface area contributed by atoms with Gasteiger partial charge in [0.2, 0.25) is 0 Å². The molecule has 1 aliphatic heterocycles. The van der Waals surface area contributed by atoms with Crippen molar-refractivity contribution in [2.45, 2.75) is 25.4 Å². The van der Waals surface area contributed by atoms with E-state index in [4.69, 9.17) is 9.47 Å². The molecule has 2 aliphatic rings. The van der Waals surface area contributed by atoms with Gasteiger partial charge < -0.3 is 14.8 Å². The van der Waals surface area contributed by atoms with Crippen LogP contribution in [0.4, 0.5) is 5.69 Å². The number of ether oxygens (including phenoxy) is 2. The maximum absolute atomic E-state index is 12.6. The molecule has 0 aromatic heterocycles. The zero-order valence-electron chi connectivity index (χ0n) is 16.5. The molecule has 1 aliphatic carbocycles. The largest absolute Gasteiger partial charge is 0.465 e. The summed E-state index contributed by atoms with van der Waals surface area (Å²) in [6, 6.07) is 17.0. The lowest BCUT2D eigenvalue weighted by Gasteiger charge is -2.24. The molecule has 1 heterocycles. The highest BCUT2D eigenvalue weighted by molar-refractivity contribution is 5.94. The normalized spacial score (nSPS) is 24.1. The Balaban J connectivity index is 1.45. The van der Waals surface area contributed by atoms with Gasteiger partial charge in [0, 0.05) is 18.7 Å². The SMILES string of the molecule is C=C1CC2COC(=O)C2(Cc2ccc(NC(=O)C(OC)c3ccccc3)cc2)C1. The summed E-state index contributed by atoms with van der Waals surface area (Å²) < 4.78 is 10.7. The van der Waals surface area contributed by atoms with Gasteiger partial charge >= 0.3 is 5.97 Å². The number of carbonyl (C=O) groups is 2. The Morgan fingerprint density at radius 2 is 1.97 bits per heavy atom. The molecule has 2 fully saturated rings. The number of cyclic esters (lactones) is 1. The van der Waals surface area contributed by atoms with Crippen LogP contribution in [0.25, 0.3) is 0 Å². The zero-order chi connectivity index (χ0) is 20.4. The van der Waals surface area contributed by atoms with E-state index in [9.17, 15) is 9.59 Å². The number of methoxy groups -OCH3 is 1. The highest BCUT2D eigenvalue weighted by atomic mass is 16.5. The van der Waals surface area contributed by atoms with Gasteiger partial charge in [0.05, 0.1) is 12.0 Å². The van der Waals surface area contributed by atoms with E-state index in [0.717, 1.165) is 23.1 Å². The van der Waals surface area contributed by atoms with Gasteiger partial charge in [-0.05, 0) is 42.5 Å². The molecule has 29 heavy (non-hydrogen) atoms. The zero-order valence-corrected chi connectivity index (χ0v) is 16.5. The number of hydrogen-bond acceptors (Lipinski definition) is 4. The number of carbonyl (C=O) groups excluding carboxylic acids is 2. The average molecular weight is 391 g/mol. The lowest BCUT2D eigenvalue weighted by molar-refractivity contribution is -0.146. The second-order valence-electron chi connectivity index (χ2n) is 7.97. The lowest BCUT2D eigenvalue weighted by Crippen LogP contribution is -2.31. The van der Waals surface area contributed by atoms with E-state index in [2.05, 4.69) is 11.9 Å². The number of allylic oxidation sites excluding steroid dienone is 1. The fourth-order valence-electron chi connectivity index (χ4n) is 4.56. The van der Waals surface area contributed by atoms with E-state index in [0.29, 0.717) is 25.1 Å². The van der Waals surface area contributed by atoms with Crippen molar-refractivity contribution < 1.29 is 19.1 Å². The number of esters is 1. The first-order valence-corrected chi connectivity index (χ1v) is 9.83. The van der Waals surface area contributed by atoms with Crippen molar-refractivity contribution in [2.24, 2.45) is 11.3 Å². The summed E-state index contributed by atoms with van der Waals surface area (Å²) in [5.74, 6) is -0.115. The topological polar surface area (TPSA) is 64.6 Å². The third-order valence-corrected chi connectivity index (χ3v) is 6.02. The molecule has 5 heteroatoms. The molecule has 1 amide bonds. The number of benzene rings is 2. The number of amides is 1. The second-order valence-corrected chi connectivity index (χ2v) is 7.97. The maximum Gasteiger partial charge on any atom is 0.313 e. The van der Waals surface area contributed by atoms with Crippen molar-refractivity contribution in [3.05, 3.63) is 77.9 Å². The van der Waals surface area contributed by atoms with E-state index < -0.39 is 11.5 Å². The van der Waals surface area contributed by atoms with Crippen molar-refractivity contribution in [3.8, 4) is 0 Å². The van der Waals surface area contributed by atoms with Crippen molar-refractivity contribution >= 4 is 17.6 Å². The molecule has 0 spiro atoms. The van der Waals surface area contributed by atoms with Crippen LogP contribution < -0.4 is 5.32 Å². The number of rotatable bonds is 6. The Kier molecular flexibility index (Phi) is 5.24. The van der Waals surface area contributed by atoms with Gasteiger partial charge in [0.15, 0.2) is 6.10 Å². The molecule has 3 atom stereocenters. The minimum Gasteiger partial charge on any atom is -0.465 e. The minimum atomic E-state index is -0.673. The molecule has 1 N–H and O–H groups in total. The summed E-state index contributed by atoms with van der Waals surface area (Å²) in [5, 5.41) is 2.90. The van der Waals surface area contributed by atoms with E-state index in [-0.39, 0.29) is 17.8 Å². The molecule has 1 saturated heterocycles. The van der Waals surface area contributed by atoms with Crippen molar-refractivity contribution in [3.63, 3.8) is 0 Å². The molecular formula is C24H25NO4. The fraction of sp³-hybridized carbons (Fsp3) is 0.333. The van der Waals surface area contributed by atoms with Crippen LogP contribution in [0.1, 0.15) is 30.1 Å². The van der Waals surface area contributed by atoms with Crippen LogP contribution in [0.5, 0.6) is 0 Å². The predicted molar refractivity (Wildman–Crippen MR) is 110 cm³/mol. The van der Waals surface area contributed by atoms with Gasteiger partial charge in [-0.3, -0.25) is 9.59 Å². The monoisotopic (exact) mass is 391 g/mol. The molecule has 4 rings (SSSR count). The summed E-state index contributed by atoms with van der Waals surface area (Å²) in [6.07, 6.45) is 1.52. The predicted octanol–water partition coefficient (Wildman–Crippen LogP) is 4.06. The third-order valence-electron chi connectivity index (χ3n) is 6.02. The summed E-state index contributed by atoms with van der Waals surface area (Å²) in [7, 11) is 1.52. The van der Waals surface area contributed by atoms with E-state index in [1.54, 1.807) is 0 Å². The van der Waals surface area contributed by atoms with Gasteiger partial charge in [-0.1, -0.05) is 54.6 Å². The van der Waals surface area contributed by atoms with Crippen LogP contribution in [0, 0.1) is 11.3 Å². The molecule has 3 unspecified atom stereocenters. The lowest BCUT2D eigenvalue weighted by atomic mass is 9.75. The van der Waals surface area contributed by atoms with Crippen molar-refractivity contribution in [1.29, 1.82) is 0 Å². The third kappa shape index (κ3) is 3.70. The van der Waals surface area contributed by atoms with E-state index >= 15 is 0 Å². The quantitative estimate of drug-likeness (QED) is 0.596. The Morgan fingerprint density at radius 1 is 1.24 bits per heavy atom. The standard InChI is InChI=1S/C24H25NO4/c1-16-12-19-15-29-23(27)24(19,13-16)14-17-8-10-20(11-9-17)25-22(26)21(28-2)18-6-4-3-5-7-18/h3-11,19,21H,1,12-15H2,2H3,(H,25,26). The molecule has 1 saturated carbocycles. The van der Waals surface area contributed by atoms with E-state index in [1.807, 2.05) is 54.6 Å². The van der Waals surface area contributed by atoms with Crippen LogP contribution in [-0.4, -0.2) is 25.6 Å². The molecule has 0 bridgehead atoms. The second kappa shape index (κ2) is 7.84. The molecule has 2 aromatic rings. The van der Waals surface area contributed by atoms with Crippen molar-refractivity contribution in [2.75, 3.05) is 19.0 Å². The van der Waals surface area contributed by atoms with Gasteiger partial charge in [-0.2, -0.15) is 0 Å². The molecule has 0 radical (unpaired) electrons. The summed E-state index contributed by atoms with van der Waals surface area (Å²) in [6.45, 7) is 4.58. The first kappa shape index (κ1) is 19.4. The summed E-state index contributed by atoms with van der Waals surface area (Å²) in [5.41, 5.74) is 3.19. The maximum atomic E-state index is 12.6. The first-order valence-electron chi connectivity index (χ1n) is 9.83. The average Bonchev–Trinajstić information content (AvgIpc) is 3.19. The Bertz CT molecular complexity index is 922. The van der Waals surface area contributed by atoms with Gasteiger partial charge in [-0.15, -0.1) is 0 Å². The molecular weight excluding hydrogens is 366 g/mol. The van der Waals surface area contributed by atoms with Crippen LogP contribution in [-0.2, 0) is 25.5 Å². The Hall–Kier alpha value is -2.92. The number of anilines is 1. The number of nitrogens with one attached hydrogen (secondary N) is 1. The van der Waals surface area contributed by atoms with Crippen LogP contribution in [0.2, 0.25) is 0 Å². The minimum absolute atomic E-state index is 0.107. The Labute approximate surface area is 170 Å². The van der Waals surface area contributed by atoms with Crippen LogP contribution >= 0.6 is 0 Å². The van der Waals surface area contributed by atoms with Gasteiger partial charge in [0.25, 0.3) is 5.91 Å². The van der Waals surface area contributed by atoms with Crippen LogP contribution in [0.3, 0.4) is 0 Å². The Morgan fingerprint density at radius 3 is 2.66 bits per heavy atom. The number of fused-ring (bicyclic) bond motifs is 1. The smallest absolute Gasteiger partial charge is 0.313 e. The highest BCUT2D eigenvalue weighted by Gasteiger charge is 2.55. The fourth-order valence-corrected chi connectivity index (χ4v) is 4.56.